The number of hydrogen-bond acceptors (Lipinski definition) is 5. The molecule has 0 aromatic heterocycles. The van der Waals surface area contributed by atoms with Crippen molar-refractivity contribution in [1.82, 2.24) is 0 Å². The van der Waals surface area contributed by atoms with Gasteiger partial charge in [-0.05, 0) is 17.6 Å². The number of carbonyl (C=O) groups excluding carboxylic acids is 1. The van der Waals surface area contributed by atoms with Crippen molar-refractivity contribution >= 4 is 6.29 Å². The van der Waals surface area contributed by atoms with Crippen LogP contribution in [0.1, 0.15) is 12.8 Å². The molecular formula is C13H18O5. The highest BCUT2D eigenvalue weighted by Gasteiger charge is 2.35. The van der Waals surface area contributed by atoms with Crippen molar-refractivity contribution in [1.29, 1.82) is 0 Å². The lowest BCUT2D eigenvalue weighted by Crippen LogP contribution is -2.28. The van der Waals surface area contributed by atoms with Crippen molar-refractivity contribution in [2.75, 3.05) is 19.8 Å². The molecule has 3 atom stereocenters. The maximum Gasteiger partial charge on any atom is 0.146 e. The molecule has 0 radical (unpaired) electrons. The van der Waals surface area contributed by atoms with Gasteiger partial charge in [0.25, 0.3) is 0 Å². The monoisotopic (exact) mass is 254 g/mol. The maximum atomic E-state index is 10.6. The van der Waals surface area contributed by atoms with Crippen molar-refractivity contribution in [3.63, 3.8) is 0 Å². The molecule has 2 N–H and O–H groups in total. The van der Waals surface area contributed by atoms with E-state index in [2.05, 4.69) is 0 Å². The van der Waals surface area contributed by atoms with Crippen LogP contribution in [0.25, 0.3) is 0 Å². The van der Waals surface area contributed by atoms with E-state index in [0.717, 1.165) is 17.4 Å². The molecule has 2 aliphatic rings. The maximum absolute atomic E-state index is 10.6. The first-order valence-electron chi connectivity index (χ1n) is 6.09. The van der Waals surface area contributed by atoms with Gasteiger partial charge in [-0.25, -0.2) is 0 Å². The molecule has 0 spiro atoms. The summed E-state index contributed by atoms with van der Waals surface area (Å²) in [5, 5.41) is 18.2. The van der Waals surface area contributed by atoms with Gasteiger partial charge in [-0.1, -0.05) is 12.2 Å². The minimum Gasteiger partial charge on any atom is -0.394 e. The smallest absolute Gasteiger partial charge is 0.146 e. The molecule has 5 nitrogen and oxygen atoms in total. The fourth-order valence-electron chi connectivity index (χ4n) is 2.25. The summed E-state index contributed by atoms with van der Waals surface area (Å²) in [4.78, 5) is 10.6. The van der Waals surface area contributed by atoms with Crippen LogP contribution in [-0.2, 0) is 14.3 Å². The average Bonchev–Trinajstić information content (AvgIpc) is 3.02. The molecule has 0 saturated carbocycles. The molecule has 100 valence electrons. The summed E-state index contributed by atoms with van der Waals surface area (Å²) >= 11 is 0. The summed E-state index contributed by atoms with van der Waals surface area (Å²) in [5.41, 5.74) is 1.80. The van der Waals surface area contributed by atoms with E-state index in [0.29, 0.717) is 19.4 Å². The topological polar surface area (TPSA) is 76.0 Å². The predicted molar refractivity (Wildman–Crippen MR) is 64.0 cm³/mol. The number of rotatable bonds is 6. The predicted octanol–water partition coefficient (Wildman–Crippen LogP) is -0.0309. The second kappa shape index (κ2) is 6.24. The number of carbonyl (C=O) groups is 1. The van der Waals surface area contributed by atoms with Crippen LogP contribution in [0.15, 0.2) is 23.3 Å². The lowest BCUT2D eigenvalue weighted by Gasteiger charge is -2.17. The van der Waals surface area contributed by atoms with E-state index in [4.69, 9.17) is 19.7 Å². The van der Waals surface area contributed by atoms with Gasteiger partial charge in [0.15, 0.2) is 0 Å². The lowest BCUT2D eigenvalue weighted by molar-refractivity contribution is -0.105. The van der Waals surface area contributed by atoms with Gasteiger partial charge >= 0.3 is 0 Å². The summed E-state index contributed by atoms with van der Waals surface area (Å²) < 4.78 is 11.1. The Bertz CT molecular complexity index is 360. The van der Waals surface area contributed by atoms with Gasteiger partial charge < -0.3 is 19.7 Å². The molecule has 1 aliphatic carbocycles. The first-order chi connectivity index (χ1) is 8.76. The van der Waals surface area contributed by atoms with Crippen LogP contribution in [0.5, 0.6) is 0 Å². The van der Waals surface area contributed by atoms with E-state index in [1.54, 1.807) is 6.08 Å². The molecule has 2 rings (SSSR count). The molecule has 1 fully saturated rings. The molecule has 0 bridgehead atoms. The molecular weight excluding hydrogens is 236 g/mol. The number of ether oxygens (including phenoxy) is 2. The Labute approximate surface area is 106 Å². The van der Waals surface area contributed by atoms with Crippen molar-refractivity contribution < 1.29 is 24.5 Å². The molecule has 1 heterocycles. The van der Waals surface area contributed by atoms with Gasteiger partial charge in [0.2, 0.25) is 0 Å². The van der Waals surface area contributed by atoms with E-state index in [1.807, 2.05) is 6.08 Å². The van der Waals surface area contributed by atoms with Crippen LogP contribution < -0.4 is 0 Å². The Morgan fingerprint density at radius 2 is 2.22 bits per heavy atom. The standard InChI is InChI=1S/C13H18O5/c14-5-9-1-2-10(3-9)8-17-12-4-11(6-15)18-13(12)7-16/h1-2,5,11-13,15-16H,3-4,6-8H2. The Morgan fingerprint density at radius 3 is 2.83 bits per heavy atom. The van der Waals surface area contributed by atoms with Gasteiger partial charge in [0.1, 0.15) is 12.4 Å². The van der Waals surface area contributed by atoms with Crippen molar-refractivity contribution in [2.24, 2.45) is 0 Å². The van der Waals surface area contributed by atoms with Crippen molar-refractivity contribution in [2.45, 2.75) is 31.2 Å². The number of aldehydes is 1. The third kappa shape index (κ3) is 3.05. The molecule has 0 aromatic rings. The molecule has 3 unspecified atom stereocenters. The van der Waals surface area contributed by atoms with Crippen molar-refractivity contribution in [3.8, 4) is 0 Å². The minimum atomic E-state index is -0.373. The number of aliphatic hydroxyl groups is 2. The van der Waals surface area contributed by atoms with E-state index >= 15 is 0 Å². The van der Waals surface area contributed by atoms with E-state index < -0.39 is 0 Å². The second-order valence-corrected chi connectivity index (χ2v) is 4.61. The normalized spacial score (nSPS) is 31.3. The summed E-state index contributed by atoms with van der Waals surface area (Å²) in [6.45, 7) is 0.254. The lowest BCUT2D eigenvalue weighted by atomic mass is 10.1. The summed E-state index contributed by atoms with van der Waals surface area (Å²) in [6.07, 6.45) is 4.91. The van der Waals surface area contributed by atoms with Gasteiger partial charge in [-0.15, -0.1) is 0 Å². The first-order valence-corrected chi connectivity index (χ1v) is 6.09. The highest BCUT2D eigenvalue weighted by atomic mass is 16.6. The van der Waals surface area contributed by atoms with Crippen LogP contribution in [0.2, 0.25) is 0 Å². The molecule has 1 saturated heterocycles. The largest absolute Gasteiger partial charge is 0.394 e. The van der Waals surface area contributed by atoms with Gasteiger partial charge in [0, 0.05) is 6.42 Å². The zero-order valence-electron chi connectivity index (χ0n) is 10.1. The Balaban J connectivity index is 1.78. The summed E-state index contributed by atoms with van der Waals surface area (Å²) in [5.74, 6) is 0. The molecule has 5 heteroatoms. The van der Waals surface area contributed by atoms with Crippen LogP contribution in [0, 0.1) is 0 Å². The summed E-state index contributed by atoms with van der Waals surface area (Å²) in [7, 11) is 0. The molecule has 18 heavy (non-hydrogen) atoms. The number of allylic oxidation sites excluding steroid dienone is 3. The zero-order valence-corrected chi connectivity index (χ0v) is 10.1. The first kappa shape index (κ1) is 13.4. The number of aliphatic hydroxyl groups excluding tert-OH is 2. The Morgan fingerprint density at radius 1 is 1.39 bits per heavy atom. The van der Waals surface area contributed by atoms with E-state index in [-0.39, 0.29) is 31.5 Å². The highest BCUT2D eigenvalue weighted by Crippen LogP contribution is 2.25. The number of hydrogen-bond donors (Lipinski definition) is 2. The Hall–Kier alpha value is -1.01. The van der Waals surface area contributed by atoms with Gasteiger partial charge in [-0.3, -0.25) is 4.79 Å². The minimum absolute atomic E-state index is 0.0596. The van der Waals surface area contributed by atoms with Gasteiger partial charge in [0.05, 0.1) is 32.0 Å². The molecule has 0 aromatic carbocycles. The highest BCUT2D eigenvalue weighted by molar-refractivity contribution is 5.76. The fraction of sp³-hybridized carbons (Fsp3) is 0.615. The van der Waals surface area contributed by atoms with Crippen LogP contribution in [0.3, 0.4) is 0 Å². The average molecular weight is 254 g/mol. The van der Waals surface area contributed by atoms with Gasteiger partial charge in [-0.2, -0.15) is 0 Å². The second-order valence-electron chi connectivity index (χ2n) is 4.61. The van der Waals surface area contributed by atoms with Crippen molar-refractivity contribution in [3.05, 3.63) is 23.3 Å². The fourth-order valence-corrected chi connectivity index (χ4v) is 2.25. The van der Waals surface area contributed by atoms with Crippen LogP contribution in [-0.4, -0.2) is 54.6 Å². The molecule has 1 aliphatic heterocycles. The SMILES string of the molecule is O=CC1=CC=C(COC2CC(CO)OC2CO)C1. The third-order valence-corrected chi connectivity index (χ3v) is 3.26. The summed E-state index contributed by atoms with van der Waals surface area (Å²) in [6, 6.07) is 0. The quantitative estimate of drug-likeness (QED) is 0.651. The van der Waals surface area contributed by atoms with E-state index in [9.17, 15) is 4.79 Å². The van der Waals surface area contributed by atoms with E-state index in [1.165, 1.54) is 0 Å². The third-order valence-electron chi connectivity index (χ3n) is 3.26. The molecule has 0 amide bonds. The zero-order chi connectivity index (χ0) is 13.0. The van der Waals surface area contributed by atoms with Crippen LogP contribution in [0.4, 0.5) is 0 Å². The Kier molecular flexibility index (Phi) is 4.66. The van der Waals surface area contributed by atoms with Crippen LogP contribution >= 0.6 is 0 Å².